The molecular weight excluding hydrogens is 240 g/mol. The monoisotopic (exact) mass is 253 g/mol. The Labute approximate surface area is 103 Å². The van der Waals surface area contributed by atoms with E-state index in [9.17, 15) is 8.78 Å². The highest BCUT2D eigenvalue weighted by molar-refractivity contribution is 5.47. The summed E-state index contributed by atoms with van der Waals surface area (Å²) in [6.07, 6.45) is 3.83. The molecule has 0 fully saturated rings. The van der Waals surface area contributed by atoms with Gasteiger partial charge in [0.1, 0.15) is 5.75 Å². The van der Waals surface area contributed by atoms with E-state index >= 15 is 0 Å². The fourth-order valence-corrected chi connectivity index (χ4v) is 1.72. The van der Waals surface area contributed by atoms with Crippen LogP contribution < -0.4 is 10.5 Å². The van der Waals surface area contributed by atoms with Crippen molar-refractivity contribution in [2.24, 2.45) is 5.73 Å². The molecule has 0 atom stereocenters. The highest BCUT2D eigenvalue weighted by Crippen LogP contribution is 2.25. The Balaban J connectivity index is 2.40. The highest BCUT2D eigenvalue weighted by Gasteiger charge is 2.12. The Morgan fingerprint density at radius 2 is 2.11 bits per heavy atom. The Morgan fingerprint density at radius 1 is 1.33 bits per heavy atom. The summed E-state index contributed by atoms with van der Waals surface area (Å²) < 4.78 is 30.8. The molecule has 0 amide bonds. The van der Waals surface area contributed by atoms with E-state index in [0.717, 1.165) is 5.69 Å². The third kappa shape index (κ3) is 2.65. The Hall–Kier alpha value is -1.95. The third-order valence-corrected chi connectivity index (χ3v) is 2.46. The van der Waals surface area contributed by atoms with E-state index in [4.69, 9.17) is 5.73 Å². The predicted octanol–water partition coefficient (Wildman–Crippen LogP) is 1.97. The summed E-state index contributed by atoms with van der Waals surface area (Å²) in [4.78, 5) is 4.00. The van der Waals surface area contributed by atoms with Crippen molar-refractivity contribution in [3.05, 3.63) is 42.5 Å². The summed E-state index contributed by atoms with van der Waals surface area (Å²) in [5, 5.41) is 0. The van der Waals surface area contributed by atoms with E-state index in [1.165, 1.54) is 6.07 Å². The second-order valence-electron chi connectivity index (χ2n) is 3.64. The molecule has 0 aliphatic carbocycles. The molecule has 96 valence electrons. The minimum absolute atomic E-state index is 0.115. The lowest BCUT2D eigenvalue weighted by Gasteiger charge is -2.13. The van der Waals surface area contributed by atoms with Gasteiger partial charge < -0.3 is 10.5 Å². The largest absolute Gasteiger partial charge is 0.433 e. The van der Waals surface area contributed by atoms with Crippen LogP contribution in [0.15, 0.2) is 36.8 Å². The zero-order valence-corrected chi connectivity index (χ0v) is 9.59. The molecule has 2 aromatic rings. The molecule has 0 bridgehead atoms. The van der Waals surface area contributed by atoms with Crippen LogP contribution in [-0.4, -0.2) is 22.7 Å². The van der Waals surface area contributed by atoms with Crippen molar-refractivity contribution in [1.29, 1.82) is 0 Å². The van der Waals surface area contributed by atoms with E-state index in [2.05, 4.69) is 9.72 Å². The van der Waals surface area contributed by atoms with Crippen molar-refractivity contribution >= 4 is 0 Å². The number of alkyl halides is 2. The summed E-state index contributed by atoms with van der Waals surface area (Å²) in [7, 11) is 0. The number of nitrogens with zero attached hydrogens (tertiary/aromatic N) is 2. The maximum Gasteiger partial charge on any atom is 0.387 e. The average molecular weight is 253 g/mol. The van der Waals surface area contributed by atoms with Gasteiger partial charge in [0.05, 0.1) is 12.0 Å². The fourth-order valence-electron chi connectivity index (χ4n) is 1.72. The molecule has 0 saturated carbocycles. The van der Waals surface area contributed by atoms with Gasteiger partial charge in [-0.25, -0.2) is 4.98 Å². The number of halogens is 2. The average Bonchev–Trinajstić information content (AvgIpc) is 2.78. The summed E-state index contributed by atoms with van der Waals surface area (Å²) >= 11 is 0. The molecule has 6 heteroatoms. The van der Waals surface area contributed by atoms with E-state index < -0.39 is 6.61 Å². The van der Waals surface area contributed by atoms with Crippen LogP contribution in [0, 0.1) is 0 Å². The summed E-state index contributed by atoms with van der Waals surface area (Å²) in [6, 6.07) is 6.58. The normalized spacial score (nSPS) is 10.9. The molecule has 1 aromatic heterocycles. The van der Waals surface area contributed by atoms with Crippen LogP contribution in [0.4, 0.5) is 8.78 Å². The molecule has 4 nitrogen and oxygen atoms in total. The van der Waals surface area contributed by atoms with Gasteiger partial charge in [0.2, 0.25) is 0 Å². The molecule has 2 rings (SSSR count). The lowest BCUT2D eigenvalue weighted by Crippen LogP contribution is -2.10. The number of nitrogens with two attached hydrogens (primary N) is 1. The van der Waals surface area contributed by atoms with E-state index in [1.807, 2.05) is 0 Å². The first-order valence-corrected chi connectivity index (χ1v) is 5.48. The summed E-state index contributed by atoms with van der Waals surface area (Å²) in [5.74, 6) is 0.115. The summed E-state index contributed by atoms with van der Waals surface area (Å²) in [5.41, 5.74) is 6.87. The van der Waals surface area contributed by atoms with Crippen molar-refractivity contribution in [1.82, 2.24) is 9.55 Å². The first-order chi connectivity index (χ1) is 8.72. The van der Waals surface area contributed by atoms with Crippen molar-refractivity contribution in [2.45, 2.75) is 13.0 Å². The molecular formula is C12H13F2N3O. The SMILES string of the molecule is NCCc1cncn1-c1ccccc1OC(F)F. The van der Waals surface area contributed by atoms with Crippen molar-refractivity contribution in [3.8, 4) is 11.4 Å². The number of benzene rings is 1. The van der Waals surface area contributed by atoms with Crippen LogP contribution in [0.2, 0.25) is 0 Å². The van der Waals surface area contributed by atoms with Crippen LogP contribution in [0.25, 0.3) is 5.69 Å². The molecule has 0 aliphatic rings. The standard InChI is InChI=1S/C12H13F2N3O/c13-12(14)18-11-4-2-1-3-10(11)17-8-16-7-9(17)5-6-15/h1-4,7-8,12H,5-6,15H2. The van der Waals surface area contributed by atoms with Crippen molar-refractivity contribution < 1.29 is 13.5 Å². The van der Waals surface area contributed by atoms with Gasteiger partial charge in [-0.3, -0.25) is 4.57 Å². The summed E-state index contributed by atoms with van der Waals surface area (Å²) in [6.45, 7) is -2.39. The second-order valence-corrected chi connectivity index (χ2v) is 3.64. The lowest BCUT2D eigenvalue weighted by atomic mass is 10.2. The second kappa shape index (κ2) is 5.59. The van der Waals surface area contributed by atoms with Gasteiger partial charge in [-0.05, 0) is 18.7 Å². The maximum atomic E-state index is 12.3. The maximum absolute atomic E-state index is 12.3. The number of hydrogen-bond acceptors (Lipinski definition) is 3. The lowest BCUT2D eigenvalue weighted by molar-refractivity contribution is -0.0498. The van der Waals surface area contributed by atoms with Gasteiger partial charge in [0.15, 0.2) is 0 Å². The van der Waals surface area contributed by atoms with Crippen LogP contribution in [0.5, 0.6) is 5.75 Å². The zero-order chi connectivity index (χ0) is 13.0. The Morgan fingerprint density at radius 3 is 2.83 bits per heavy atom. The molecule has 1 heterocycles. The van der Waals surface area contributed by atoms with Gasteiger partial charge in [0, 0.05) is 18.3 Å². The minimum Gasteiger partial charge on any atom is -0.433 e. The number of rotatable bonds is 5. The van der Waals surface area contributed by atoms with Crippen LogP contribution in [0.1, 0.15) is 5.69 Å². The topological polar surface area (TPSA) is 53.1 Å². The molecule has 0 radical (unpaired) electrons. The number of aromatic nitrogens is 2. The minimum atomic E-state index is -2.85. The van der Waals surface area contributed by atoms with Gasteiger partial charge in [-0.2, -0.15) is 8.78 Å². The molecule has 0 aliphatic heterocycles. The molecule has 1 aromatic carbocycles. The third-order valence-electron chi connectivity index (χ3n) is 2.46. The number of imidazole rings is 1. The molecule has 0 spiro atoms. The Kier molecular flexibility index (Phi) is 3.88. The van der Waals surface area contributed by atoms with E-state index in [1.54, 1.807) is 35.3 Å². The first kappa shape index (κ1) is 12.5. The van der Waals surface area contributed by atoms with Crippen LogP contribution >= 0.6 is 0 Å². The molecule has 18 heavy (non-hydrogen) atoms. The van der Waals surface area contributed by atoms with E-state index in [0.29, 0.717) is 18.7 Å². The molecule has 0 saturated heterocycles. The molecule has 2 N–H and O–H groups in total. The van der Waals surface area contributed by atoms with Crippen LogP contribution in [-0.2, 0) is 6.42 Å². The smallest absolute Gasteiger partial charge is 0.387 e. The predicted molar refractivity (Wildman–Crippen MR) is 63.0 cm³/mol. The van der Waals surface area contributed by atoms with Crippen LogP contribution in [0.3, 0.4) is 0 Å². The quantitative estimate of drug-likeness (QED) is 0.886. The zero-order valence-electron chi connectivity index (χ0n) is 9.59. The van der Waals surface area contributed by atoms with Crippen molar-refractivity contribution in [2.75, 3.05) is 6.54 Å². The first-order valence-electron chi connectivity index (χ1n) is 5.48. The van der Waals surface area contributed by atoms with E-state index in [-0.39, 0.29) is 5.75 Å². The van der Waals surface area contributed by atoms with Gasteiger partial charge in [-0.15, -0.1) is 0 Å². The number of hydrogen-bond donors (Lipinski definition) is 1. The van der Waals surface area contributed by atoms with Crippen molar-refractivity contribution in [3.63, 3.8) is 0 Å². The molecule has 0 unspecified atom stereocenters. The number of para-hydroxylation sites is 2. The van der Waals surface area contributed by atoms with Gasteiger partial charge in [-0.1, -0.05) is 12.1 Å². The Bertz CT molecular complexity index is 514. The van der Waals surface area contributed by atoms with Gasteiger partial charge in [0.25, 0.3) is 0 Å². The highest BCUT2D eigenvalue weighted by atomic mass is 19.3. The fraction of sp³-hybridized carbons (Fsp3) is 0.250. The van der Waals surface area contributed by atoms with Gasteiger partial charge >= 0.3 is 6.61 Å². The number of ether oxygens (including phenoxy) is 1.